The molecule has 4 aromatic rings. The van der Waals surface area contributed by atoms with Crippen LogP contribution in [-0.2, 0) is 11.0 Å². The monoisotopic (exact) mass is 570 g/mol. The van der Waals surface area contributed by atoms with Crippen LogP contribution in [0.5, 0.6) is 0 Å². The van der Waals surface area contributed by atoms with Crippen LogP contribution in [0.15, 0.2) is 82.7 Å². The van der Waals surface area contributed by atoms with E-state index in [1.807, 2.05) is 4.90 Å². The van der Waals surface area contributed by atoms with Gasteiger partial charge in [-0.2, -0.15) is 13.2 Å². The predicted molar refractivity (Wildman–Crippen MR) is 147 cm³/mol. The topological polar surface area (TPSA) is 58.4 Å². The van der Waals surface area contributed by atoms with Crippen LogP contribution in [0.4, 0.5) is 23.2 Å². The lowest BCUT2D eigenvalue weighted by molar-refractivity contribution is -0.137. The number of halogens is 4. The molecule has 1 fully saturated rings. The molecule has 1 saturated heterocycles. The Bertz CT molecular complexity index is 1580. The van der Waals surface area contributed by atoms with Gasteiger partial charge < -0.3 is 9.80 Å². The molecule has 0 aliphatic carbocycles. The molecule has 0 saturated carbocycles. The van der Waals surface area contributed by atoms with E-state index >= 15 is 0 Å². The molecule has 0 bridgehead atoms. The molecule has 1 aliphatic rings. The van der Waals surface area contributed by atoms with Gasteiger partial charge in [0.05, 0.1) is 22.2 Å². The summed E-state index contributed by atoms with van der Waals surface area (Å²) in [5.41, 5.74) is 0.418. The summed E-state index contributed by atoms with van der Waals surface area (Å²) in [7, 11) is 0. The number of amides is 1. The van der Waals surface area contributed by atoms with Gasteiger partial charge in [0.15, 0.2) is 5.16 Å². The SMILES string of the molecule is O=C(CCCSc1nc2ccccc2c(=O)n1-c1cccc(F)c1)N1CCN(c2cccc(C(F)(F)F)c2)CC1. The minimum atomic E-state index is -4.40. The number of hydrogen-bond acceptors (Lipinski definition) is 5. The zero-order valence-electron chi connectivity index (χ0n) is 21.4. The van der Waals surface area contributed by atoms with Gasteiger partial charge in [-0.1, -0.05) is 36.0 Å². The van der Waals surface area contributed by atoms with Crippen LogP contribution in [-0.4, -0.2) is 52.3 Å². The van der Waals surface area contributed by atoms with Crippen molar-refractivity contribution < 1.29 is 22.4 Å². The maximum Gasteiger partial charge on any atom is 0.416 e. The Balaban J connectivity index is 1.19. The molecule has 11 heteroatoms. The zero-order valence-corrected chi connectivity index (χ0v) is 22.2. The second-order valence-corrected chi connectivity index (χ2v) is 10.5. The van der Waals surface area contributed by atoms with Gasteiger partial charge in [0.1, 0.15) is 5.82 Å². The Kier molecular flexibility index (Phi) is 8.11. The van der Waals surface area contributed by atoms with Gasteiger partial charge in [-0.3, -0.25) is 14.2 Å². The number of rotatable bonds is 7. The van der Waals surface area contributed by atoms with Gasteiger partial charge in [0, 0.05) is 44.0 Å². The molecule has 0 atom stereocenters. The molecule has 0 unspecified atom stereocenters. The second kappa shape index (κ2) is 11.7. The molecule has 40 heavy (non-hydrogen) atoms. The number of benzene rings is 3. The lowest BCUT2D eigenvalue weighted by Gasteiger charge is -2.36. The van der Waals surface area contributed by atoms with Gasteiger partial charge in [0.2, 0.25) is 5.91 Å². The third kappa shape index (κ3) is 6.14. The fourth-order valence-corrected chi connectivity index (χ4v) is 5.64. The molecule has 1 aliphatic heterocycles. The number of piperazine rings is 1. The van der Waals surface area contributed by atoms with E-state index in [9.17, 15) is 27.2 Å². The van der Waals surface area contributed by atoms with E-state index in [0.717, 1.165) is 12.1 Å². The summed E-state index contributed by atoms with van der Waals surface area (Å²) in [4.78, 5) is 34.3. The van der Waals surface area contributed by atoms with Gasteiger partial charge in [0.25, 0.3) is 5.56 Å². The first-order valence-corrected chi connectivity index (χ1v) is 13.8. The zero-order chi connectivity index (χ0) is 28.3. The first-order valence-electron chi connectivity index (χ1n) is 12.8. The van der Waals surface area contributed by atoms with Crippen LogP contribution in [0, 0.1) is 5.82 Å². The number of para-hydroxylation sites is 1. The first-order chi connectivity index (χ1) is 19.2. The highest BCUT2D eigenvalue weighted by Gasteiger charge is 2.31. The number of hydrogen-bond donors (Lipinski definition) is 0. The molecular formula is C29H26F4N4O2S. The molecular weight excluding hydrogens is 544 g/mol. The second-order valence-electron chi connectivity index (χ2n) is 9.40. The molecule has 3 aromatic carbocycles. The summed E-state index contributed by atoms with van der Waals surface area (Å²) in [6.07, 6.45) is -3.59. The lowest BCUT2D eigenvalue weighted by Crippen LogP contribution is -2.48. The summed E-state index contributed by atoms with van der Waals surface area (Å²) in [5.74, 6) is 0.0151. The molecule has 208 valence electrons. The number of fused-ring (bicyclic) bond motifs is 1. The molecule has 1 amide bonds. The number of anilines is 1. The van der Waals surface area contributed by atoms with Crippen LogP contribution in [0.25, 0.3) is 16.6 Å². The lowest BCUT2D eigenvalue weighted by atomic mass is 10.1. The van der Waals surface area contributed by atoms with Crippen molar-refractivity contribution in [3.63, 3.8) is 0 Å². The van der Waals surface area contributed by atoms with Crippen molar-refractivity contribution in [1.82, 2.24) is 14.5 Å². The molecule has 0 radical (unpaired) electrons. The minimum absolute atomic E-state index is 0.0294. The normalized spacial score (nSPS) is 14.1. The summed E-state index contributed by atoms with van der Waals surface area (Å²) >= 11 is 1.32. The maximum atomic E-state index is 14.0. The highest BCUT2D eigenvalue weighted by molar-refractivity contribution is 7.99. The van der Waals surface area contributed by atoms with Crippen LogP contribution in [0.3, 0.4) is 0 Å². The Morgan fingerprint density at radius 1 is 0.900 bits per heavy atom. The average Bonchev–Trinajstić information content (AvgIpc) is 2.95. The molecule has 0 spiro atoms. The first kappa shape index (κ1) is 27.7. The highest BCUT2D eigenvalue weighted by Crippen LogP contribution is 2.32. The third-order valence-corrected chi connectivity index (χ3v) is 7.77. The highest BCUT2D eigenvalue weighted by atomic mass is 32.2. The van der Waals surface area contributed by atoms with E-state index in [2.05, 4.69) is 4.98 Å². The van der Waals surface area contributed by atoms with E-state index < -0.39 is 17.6 Å². The van der Waals surface area contributed by atoms with Gasteiger partial charge in [-0.15, -0.1) is 0 Å². The predicted octanol–water partition coefficient (Wildman–Crippen LogP) is 5.76. The van der Waals surface area contributed by atoms with E-state index in [-0.39, 0.29) is 17.9 Å². The van der Waals surface area contributed by atoms with Gasteiger partial charge in [-0.05, 0) is 55.0 Å². The number of carbonyl (C=O) groups is 1. The van der Waals surface area contributed by atoms with Crippen LogP contribution >= 0.6 is 11.8 Å². The van der Waals surface area contributed by atoms with Crippen molar-refractivity contribution >= 4 is 34.3 Å². The van der Waals surface area contributed by atoms with E-state index in [0.29, 0.717) is 65.8 Å². The van der Waals surface area contributed by atoms with Crippen molar-refractivity contribution in [1.29, 1.82) is 0 Å². The average molecular weight is 571 g/mol. The Hall–Kier alpha value is -3.86. The van der Waals surface area contributed by atoms with Crippen LogP contribution < -0.4 is 10.5 Å². The smallest absolute Gasteiger partial charge is 0.368 e. The van der Waals surface area contributed by atoms with Crippen molar-refractivity contribution in [3.05, 3.63) is 94.5 Å². The number of nitrogens with zero attached hydrogens (tertiary/aromatic N) is 4. The molecule has 6 nitrogen and oxygen atoms in total. The minimum Gasteiger partial charge on any atom is -0.368 e. The number of thioether (sulfide) groups is 1. The standard InChI is InChI=1S/C29H26F4N4O2S/c30-21-7-4-9-23(19-21)37-27(39)24-10-1-2-11-25(24)34-28(37)40-17-5-12-26(38)36-15-13-35(14-16-36)22-8-3-6-20(18-22)29(31,32)33/h1-4,6-11,18-19H,5,12-17H2. The van der Waals surface area contributed by atoms with E-state index in [4.69, 9.17) is 0 Å². The maximum absolute atomic E-state index is 14.0. The summed E-state index contributed by atoms with van der Waals surface area (Å²) in [6, 6.07) is 18.0. The van der Waals surface area contributed by atoms with Crippen molar-refractivity contribution in [3.8, 4) is 5.69 Å². The van der Waals surface area contributed by atoms with Gasteiger partial charge in [-0.25, -0.2) is 9.37 Å². The van der Waals surface area contributed by atoms with Gasteiger partial charge >= 0.3 is 6.18 Å². The summed E-state index contributed by atoms with van der Waals surface area (Å²) < 4.78 is 54.5. The van der Waals surface area contributed by atoms with Crippen molar-refractivity contribution in [2.45, 2.75) is 24.2 Å². The molecule has 2 heterocycles. The van der Waals surface area contributed by atoms with Crippen LogP contribution in [0.1, 0.15) is 18.4 Å². The van der Waals surface area contributed by atoms with Crippen molar-refractivity contribution in [2.24, 2.45) is 0 Å². The summed E-state index contributed by atoms with van der Waals surface area (Å²) in [6.45, 7) is 1.74. The fraction of sp³-hybridized carbons (Fsp3) is 0.276. The summed E-state index contributed by atoms with van der Waals surface area (Å²) in [5, 5.41) is 0.840. The molecule has 5 rings (SSSR count). The van der Waals surface area contributed by atoms with E-state index in [1.54, 1.807) is 41.3 Å². The third-order valence-electron chi connectivity index (χ3n) is 6.75. The van der Waals surface area contributed by atoms with Crippen molar-refractivity contribution in [2.75, 3.05) is 36.8 Å². The Labute approximate surface area is 232 Å². The number of carbonyl (C=O) groups excluding carboxylic acids is 1. The van der Waals surface area contributed by atoms with E-state index in [1.165, 1.54) is 40.6 Å². The Morgan fingerprint density at radius 2 is 1.62 bits per heavy atom. The number of aromatic nitrogens is 2. The largest absolute Gasteiger partial charge is 0.416 e. The Morgan fingerprint density at radius 3 is 2.38 bits per heavy atom. The quantitative estimate of drug-likeness (QED) is 0.122. The fourth-order valence-electron chi connectivity index (χ4n) is 4.69. The molecule has 1 aromatic heterocycles. The number of alkyl halides is 3. The molecule has 0 N–H and O–H groups in total. The van der Waals surface area contributed by atoms with Crippen LogP contribution in [0.2, 0.25) is 0 Å².